The monoisotopic (exact) mass is 416 g/mol. The van der Waals surface area contributed by atoms with Crippen molar-refractivity contribution in [1.29, 1.82) is 0 Å². The van der Waals surface area contributed by atoms with Crippen molar-refractivity contribution in [2.24, 2.45) is 5.92 Å². The van der Waals surface area contributed by atoms with Crippen molar-refractivity contribution in [3.05, 3.63) is 30.1 Å². The predicted octanol–water partition coefficient (Wildman–Crippen LogP) is 6.12. The molecular formula is C25H40N2O3. The highest BCUT2D eigenvalue weighted by Crippen LogP contribution is 2.40. The molecule has 168 valence electrons. The number of hydrogen-bond donors (Lipinski definition) is 0. The Morgan fingerprint density at radius 2 is 1.87 bits per heavy atom. The van der Waals surface area contributed by atoms with E-state index in [4.69, 9.17) is 9.47 Å². The number of rotatable bonds is 6. The van der Waals surface area contributed by atoms with Gasteiger partial charge in [-0.05, 0) is 83.9 Å². The molecule has 3 rings (SSSR count). The Morgan fingerprint density at radius 1 is 1.20 bits per heavy atom. The molecule has 0 radical (unpaired) electrons. The molecule has 0 bridgehead atoms. The molecule has 1 amide bonds. The molecule has 2 fully saturated rings. The number of nitrogens with zero attached hydrogens (tertiary/aromatic N) is 2. The molecule has 5 heteroatoms. The van der Waals surface area contributed by atoms with Crippen LogP contribution in [0.15, 0.2) is 24.5 Å². The van der Waals surface area contributed by atoms with Gasteiger partial charge in [0, 0.05) is 12.4 Å². The van der Waals surface area contributed by atoms with Crippen LogP contribution in [0.5, 0.6) is 0 Å². The van der Waals surface area contributed by atoms with Crippen molar-refractivity contribution < 1.29 is 14.3 Å². The lowest BCUT2D eigenvalue weighted by Crippen LogP contribution is -2.50. The fourth-order valence-corrected chi connectivity index (χ4v) is 5.07. The summed E-state index contributed by atoms with van der Waals surface area (Å²) < 4.78 is 12.3. The first-order valence-corrected chi connectivity index (χ1v) is 11.7. The summed E-state index contributed by atoms with van der Waals surface area (Å²) in [7, 11) is 0. The predicted molar refractivity (Wildman–Crippen MR) is 119 cm³/mol. The van der Waals surface area contributed by atoms with Gasteiger partial charge in [0.05, 0.1) is 12.1 Å². The maximum atomic E-state index is 13.2. The van der Waals surface area contributed by atoms with E-state index in [9.17, 15) is 4.79 Å². The Balaban J connectivity index is 1.72. The van der Waals surface area contributed by atoms with E-state index in [0.717, 1.165) is 25.7 Å². The van der Waals surface area contributed by atoms with Gasteiger partial charge in [0.2, 0.25) is 0 Å². The second kappa shape index (κ2) is 9.67. The zero-order valence-electron chi connectivity index (χ0n) is 19.5. The van der Waals surface area contributed by atoms with Gasteiger partial charge in [-0.15, -0.1) is 0 Å². The second-order valence-corrected chi connectivity index (χ2v) is 10.5. The van der Waals surface area contributed by atoms with E-state index in [1.807, 2.05) is 51.9 Å². The highest BCUT2D eigenvalue weighted by atomic mass is 16.6. The topological polar surface area (TPSA) is 51.7 Å². The van der Waals surface area contributed by atoms with Gasteiger partial charge in [-0.25, -0.2) is 4.79 Å². The molecule has 1 aromatic rings. The largest absolute Gasteiger partial charge is 0.444 e. The van der Waals surface area contributed by atoms with Crippen LogP contribution in [0, 0.1) is 5.92 Å². The summed E-state index contributed by atoms with van der Waals surface area (Å²) in [6.45, 7) is 9.80. The molecule has 0 spiro atoms. The minimum Gasteiger partial charge on any atom is -0.444 e. The maximum absolute atomic E-state index is 13.2. The molecule has 1 saturated carbocycles. The van der Waals surface area contributed by atoms with Crippen LogP contribution in [-0.4, -0.2) is 39.4 Å². The van der Waals surface area contributed by atoms with Gasteiger partial charge in [-0.1, -0.05) is 32.1 Å². The molecule has 2 heterocycles. The summed E-state index contributed by atoms with van der Waals surface area (Å²) in [5.41, 5.74) is 0.139. The highest BCUT2D eigenvalue weighted by Gasteiger charge is 2.51. The molecule has 1 unspecified atom stereocenters. The van der Waals surface area contributed by atoms with Gasteiger partial charge >= 0.3 is 6.09 Å². The van der Waals surface area contributed by atoms with Crippen LogP contribution in [0.25, 0.3) is 0 Å². The van der Waals surface area contributed by atoms with Crippen LogP contribution < -0.4 is 0 Å². The van der Waals surface area contributed by atoms with E-state index in [-0.39, 0.29) is 18.2 Å². The van der Waals surface area contributed by atoms with E-state index in [1.165, 1.54) is 37.7 Å². The molecule has 2 atom stereocenters. The first-order chi connectivity index (χ1) is 14.2. The van der Waals surface area contributed by atoms with Crippen LogP contribution in [-0.2, 0) is 15.9 Å². The van der Waals surface area contributed by atoms with Crippen molar-refractivity contribution in [3.8, 4) is 0 Å². The SMILES string of the molecule is CC(C)(C)OC(=O)N1[C@@H](CC2CCCCC2)C(CCCc2ccncc2)OC1(C)C. The van der Waals surface area contributed by atoms with Crippen molar-refractivity contribution in [2.75, 3.05) is 0 Å². The average Bonchev–Trinajstić information content (AvgIpc) is 2.91. The average molecular weight is 417 g/mol. The van der Waals surface area contributed by atoms with Crippen molar-refractivity contribution in [1.82, 2.24) is 9.88 Å². The third kappa shape index (κ3) is 6.19. The third-order valence-electron chi connectivity index (χ3n) is 6.37. The molecule has 2 aliphatic rings. The summed E-state index contributed by atoms with van der Waals surface area (Å²) in [5, 5.41) is 0. The smallest absolute Gasteiger partial charge is 0.412 e. The minimum absolute atomic E-state index is 0.0521. The zero-order valence-corrected chi connectivity index (χ0v) is 19.5. The molecule has 0 aromatic carbocycles. The number of carbonyl (C=O) groups excluding carboxylic acids is 1. The van der Waals surface area contributed by atoms with Gasteiger partial charge in [-0.3, -0.25) is 9.88 Å². The van der Waals surface area contributed by atoms with Crippen LogP contribution in [0.1, 0.15) is 91.5 Å². The van der Waals surface area contributed by atoms with Crippen LogP contribution in [0.3, 0.4) is 0 Å². The Morgan fingerprint density at radius 3 is 2.50 bits per heavy atom. The normalized spacial score (nSPS) is 24.8. The van der Waals surface area contributed by atoms with Crippen molar-refractivity contribution in [2.45, 2.75) is 116 Å². The quantitative estimate of drug-likeness (QED) is 0.561. The molecule has 1 aromatic heterocycles. The number of pyridine rings is 1. The Labute approximate surface area is 182 Å². The standard InChI is InChI=1S/C25H40N2O3/c1-24(2,3)30-23(28)27-21(18-20-10-7-6-8-11-20)22(29-25(27,4)5)13-9-12-19-14-16-26-17-15-19/h14-17,20-22H,6-13,18H2,1-5H3/t21-,22?/m0/s1. The van der Waals surface area contributed by atoms with E-state index < -0.39 is 11.3 Å². The summed E-state index contributed by atoms with van der Waals surface area (Å²) in [5.74, 6) is 0.675. The van der Waals surface area contributed by atoms with Crippen LogP contribution in [0.2, 0.25) is 0 Å². The van der Waals surface area contributed by atoms with Gasteiger partial charge in [0.1, 0.15) is 11.3 Å². The molecule has 30 heavy (non-hydrogen) atoms. The number of amides is 1. The lowest BCUT2D eigenvalue weighted by atomic mass is 9.83. The van der Waals surface area contributed by atoms with Crippen LogP contribution in [0.4, 0.5) is 4.79 Å². The summed E-state index contributed by atoms with van der Waals surface area (Å²) >= 11 is 0. The van der Waals surface area contributed by atoms with E-state index in [1.54, 1.807) is 0 Å². The fraction of sp³-hybridized carbons (Fsp3) is 0.760. The van der Waals surface area contributed by atoms with Crippen molar-refractivity contribution >= 4 is 6.09 Å². The lowest BCUT2D eigenvalue weighted by molar-refractivity contribution is -0.0801. The second-order valence-electron chi connectivity index (χ2n) is 10.5. The van der Waals surface area contributed by atoms with Gasteiger partial charge in [0.15, 0.2) is 0 Å². The van der Waals surface area contributed by atoms with Gasteiger partial charge in [-0.2, -0.15) is 0 Å². The molecule has 1 aliphatic heterocycles. The third-order valence-corrected chi connectivity index (χ3v) is 6.37. The summed E-state index contributed by atoms with van der Waals surface area (Å²) in [6.07, 6.45) is 14.0. The molecular weight excluding hydrogens is 376 g/mol. The van der Waals surface area contributed by atoms with E-state index in [2.05, 4.69) is 17.1 Å². The number of aromatic nitrogens is 1. The number of ether oxygens (including phenoxy) is 2. The first-order valence-electron chi connectivity index (χ1n) is 11.7. The van der Waals surface area contributed by atoms with Crippen LogP contribution >= 0.6 is 0 Å². The Hall–Kier alpha value is -1.62. The Kier molecular flexibility index (Phi) is 7.43. The minimum atomic E-state index is -0.650. The Bertz CT molecular complexity index is 677. The summed E-state index contributed by atoms with van der Waals surface area (Å²) in [6, 6.07) is 4.23. The van der Waals surface area contributed by atoms with E-state index in [0.29, 0.717) is 5.92 Å². The van der Waals surface area contributed by atoms with Crippen molar-refractivity contribution in [3.63, 3.8) is 0 Å². The highest BCUT2D eigenvalue weighted by molar-refractivity contribution is 5.70. The molecule has 0 N–H and O–H groups in total. The molecule has 1 aliphatic carbocycles. The van der Waals surface area contributed by atoms with Gasteiger partial charge < -0.3 is 9.47 Å². The van der Waals surface area contributed by atoms with E-state index >= 15 is 0 Å². The summed E-state index contributed by atoms with van der Waals surface area (Å²) in [4.78, 5) is 19.2. The van der Waals surface area contributed by atoms with Gasteiger partial charge in [0.25, 0.3) is 0 Å². The number of hydrogen-bond acceptors (Lipinski definition) is 4. The first kappa shape index (κ1) is 23.1. The maximum Gasteiger partial charge on any atom is 0.412 e. The number of carbonyl (C=O) groups is 1. The molecule has 1 saturated heterocycles. The lowest BCUT2D eigenvalue weighted by Gasteiger charge is -2.37. The fourth-order valence-electron chi connectivity index (χ4n) is 5.07. The number of aryl methyl sites for hydroxylation is 1. The zero-order chi connectivity index (χ0) is 21.8. The molecule has 5 nitrogen and oxygen atoms in total.